The monoisotopic (exact) mass is 316 g/mol. The highest BCUT2D eigenvalue weighted by Crippen LogP contribution is 2.30. The van der Waals surface area contributed by atoms with Crippen LogP contribution >= 0.6 is 0 Å². The van der Waals surface area contributed by atoms with E-state index in [2.05, 4.69) is 10.9 Å². The summed E-state index contributed by atoms with van der Waals surface area (Å²) in [5.41, 5.74) is 5.04. The first kappa shape index (κ1) is 15.0. The molecule has 1 aromatic carbocycles. The number of ether oxygens (including phenoxy) is 2. The van der Waals surface area contributed by atoms with Gasteiger partial charge in [0, 0.05) is 0 Å². The molecule has 0 saturated carbocycles. The van der Waals surface area contributed by atoms with Gasteiger partial charge in [0.05, 0.1) is 5.56 Å². The SMILES string of the molecule is Cc1cc(C(=O)NNC(=O)[C@@H]2COc3ccccc3O2)c(C)o1. The molecule has 2 N–H and O–H groups in total. The molecule has 1 aromatic heterocycles. The van der Waals surface area contributed by atoms with E-state index in [0.717, 1.165) is 0 Å². The first-order valence-electron chi connectivity index (χ1n) is 7.10. The van der Waals surface area contributed by atoms with Crippen molar-refractivity contribution in [2.75, 3.05) is 6.61 Å². The van der Waals surface area contributed by atoms with Gasteiger partial charge < -0.3 is 13.9 Å². The third-order valence-electron chi connectivity index (χ3n) is 3.39. The first-order chi connectivity index (χ1) is 11.0. The molecule has 0 saturated heterocycles. The van der Waals surface area contributed by atoms with Crippen LogP contribution in [0.2, 0.25) is 0 Å². The summed E-state index contributed by atoms with van der Waals surface area (Å²) < 4.78 is 16.3. The highest BCUT2D eigenvalue weighted by atomic mass is 16.6. The van der Waals surface area contributed by atoms with E-state index in [1.807, 2.05) is 6.07 Å². The Hall–Kier alpha value is -2.96. The maximum absolute atomic E-state index is 12.1. The summed E-state index contributed by atoms with van der Waals surface area (Å²) >= 11 is 0. The second-order valence-corrected chi connectivity index (χ2v) is 5.13. The zero-order valence-electron chi connectivity index (χ0n) is 12.7. The molecule has 2 amide bonds. The maximum Gasteiger partial charge on any atom is 0.283 e. The minimum atomic E-state index is -0.836. The molecule has 0 bridgehead atoms. The van der Waals surface area contributed by atoms with E-state index in [1.165, 1.54) is 0 Å². The standard InChI is InChI=1S/C16H16N2O5/c1-9-7-11(10(2)22-9)15(19)17-18-16(20)14-8-21-12-5-3-4-6-13(12)23-14/h3-7,14H,8H2,1-2H3,(H,17,19)(H,18,20)/t14-/m0/s1. The summed E-state index contributed by atoms with van der Waals surface area (Å²) in [6.45, 7) is 3.49. The van der Waals surface area contributed by atoms with Gasteiger partial charge in [-0.3, -0.25) is 20.4 Å². The van der Waals surface area contributed by atoms with Crippen molar-refractivity contribution in [1.29, 1.82) is 0 Å². The van der Waals surface area contributed by atoms with E-state index in [0.29, 0.717) is 28.6 Å². The molecule has 1 aliphatic rings. The number of hydrogen-bond acceptors (Lipinski definition) is 5. The minimum absolute atomic E-state index is 0.0720. The average Bonchev–Trinajstić information content (AvgIpc) is 2.90. The normalized spacial score (nSPS) is 15.8. The second-order valence-electron chi connectivity index (χ2n) is 5.13. The fourth-order valence-corrected chi connectivity index (χ4v) is 2.27. The third-order valence-corrected chi connectivity index (χ3v) is 3.39. The summed E-state index contributed by atoms with van der Waals surface area (Å²) in [5, 5.41) is 0. The molecule has 0 spiro atoms. The predicted molar refractivity (Wildman–Crippen MR) is 80.1 cm³/mol. The molecule has 7 heteroatoms. The van der Waals surface area contributed by atoms with Gasteiger partial charge in [0.2, 0.25) is 6.10 Å². The number of nitrogens with one attached hydrogen (secondary N) is 2. The van der Waals surface area contributed by atoms with Crippen molar-refractivity contribution in [3.63, 3.8) is 0 Å². The fourth-order valence-electron chi connectivity index (χ4n) is 2.27. The summed E-state index contributed by atoms with van der Waals surface area (Å²) in [6, 6.07) is 8.68. The number of amides is 2. The molecule has 7 nitrogen and oxygen atoms in total. The molecule has 3 rings (SSSR count). The number of hydrazine groups is 1. The van der Waals surface area contributed by atoms with Crippen LogP contribution in [0, 0.1) is 13.8 Å². The van der Waals surface area contributed by atoms with Crippen molar-refractivity contribution in [1.82, 2.24) is 10.9 Å². The van der Waals surface area contributed by atoms with Crippen LogP contribution in [0.25, 0.3) is 0 Å². The van der Waals surface area contributed by atoms with Gasteiger partial charge in [-0.2, -0.15) is 0 Å². The lowest BCUT2D eigenvalue weighted by Crippen LogP contribution is -2.50. The molecule has 23 heavy (non-hydrogen) atoms. The lowest BCUT2D eigenvalue weighted by Gasteiger charge is -2.25. The van der Waals surface area contributed by atoms with Crippen molar-refractivity contribution in [2.24, 2.45) is 0 Å². The number of para-hydroxylation sites is 2. The smallest absolute Gasteiger partial charge is 0.283 e. The van der Waals surface area contributed by atoms with Crippen molar-refractivity contribution >= 4 is 11.8 Å². The van der Waals surface area contributed by atoms with Crippen LogP contribution in [0.15, 0.2) is 34.7 Å². The summed E-state index contributed by atoms with van der Waals surface area (Å²) in [6.07, 6.45) is -0.836. The molecule has 2 aromatic rings. The Kier molecular flexibility index (Phi) is 3.92. The Morgan fingerprint density at radius 3 is 2.57 bits per heavy atom. The molecule has 2 heterocycles. The molecule has 0 aliphatic carbocycles. The Morgan fingerprint density at radius 2 is 1.87 bits per heavy atom. The predicted octanol–water partition coefficient (Wildman–Crippen LogP) is 1.50. The second kappa shape index (κ2) is 6.04. The van der Waals surface area contributed by atoms with Crippen molar-refractivity contribution in [3.8, 4) is 11.5 Å². The Labute approximate surface area is 132 Å². The van der Waals surface area contributed by atoms with Crippen LogP contribution in [0.4, 0.5) is 0 Å². The molecule has 0 unspecified atom stereocenters. The Bertz CT molecular complexity index is 753. The number of rotatable bonds is 2. The van der Waals surface area contributed by atoms with E-state index in [1.54, 1.807) is 38.1 Å². The van der Waals surface area contributed by atoms with Gasteiger partial charge in [-0.15, -0.1) is 0 Å². The highest BCUT2D eigenvalue weighted by molar-refractivity contribution is 5.96. The van der Waals surface area contributed by atoms with Crippen molar-refractivity contribution in [3.05, 3.63) is 47.4 Å². The number of hydrogen-bond donors (Lipinski definition) is 2. The highest BCUT2D eigenvalue weighted by Gasteiger charge is 2.27. The number of aryl methyl sites for hydroxylation is 2. The summed E-state index contributed by atoms with van der Waals surface area (Å²) in [7, 11) is 0. The van der Waals surface area contributed by atoms with Gasteiger partial charge in [-0.25, -0.2) is 0 Å². The number of carbonyl (C=O) groups excluding carboxylic acids is 2. The van der Waals surface area contributed by atoms with E-state index in [-0.39, 0.29) is 6.61 Å². The Balaban J connectivity index is 1.58. The van der Waals surface area contributed by atoms with Gasteiger partial charge in [0.15, 0.2) is 11.5 Å². The molecule has 1 atom stereocenters. The molecule has 1 aliphatic heterocycles. The zero-order chi connectivity index (χ0) is 16.4. The molecular weight excluding hydrogens is 300 g/mol. The van der Waals surface area contributed by atoms with E-state index >= 15 is 0 Å². The molecule has 0 radical (unpaired) electrons. The van der Waals surface area contributed by atoms with Crippen LogP contribution in [0.5, 0.6) is 11.5 Å². The number of fused-ring (bicyclic) bond motifs is 1. The quantitative estimate of drug-likeness (QED) is 0.820. The van der Waals surface area contributed by atoms with Gasteiger partial charge in [-0.1, -0.05) is 12.1 Å². The van der Waals surface area contributed by atoms with Gasteiger partial charge >= 0.3 is 0 Å². The van der Waals surface area contributed by atoms with Gasteiger partial charge in [0.25, 0.3) is 11.8 Å². The largest absolute Gasteiger partial charge is 0.485 e. The van der Waals surface area contributed by atoms with Crippen molar-refractivity contribution in [2.45, 2.75) is 20.0 Å². The lowest BCUT2D eigenvalue weighted by atomic mass is 10.2. The summed E-state index contributed by atoms with van der Waals surface area (Å²) in [4.78, 5) is 24.1. The van der Waals surface area contributed by atoms with Crippen LogP contribution in [0.1, 0.15) is 21.9 Å². The third kappa shape index (κ3) is 3.13. The molecular formula is C16H16N2O5. The molecule has 120 valence electrons. The fraction of sp³-hybridized carbons (Fsp3) is 0.250. The number of benzene rings is 1. The first-order valence-corrected chi connectivity index (χ1v) is 7.10. The maximum atomic E-state index is 12.1. The lowest BCUT2D eigenvalue weighted by molar-refractivity contribution is -0.131. The van der Waals surface area contributed by atoms with Gasteiger partial charge in [0.1, 0.15) is 18.1 Å². The van der Waals surface area contributed by atoms with Crippen LogP contribution in [-0.2, 0) is 4.79 Å². The minimum Gasteiger partial charge on any atom is -0.485 e. The zero-order valence-corrected chi connectivity index (χ0v) is 12.7. The summed E-state index contributed by atoms with van der Waals surface area (Å²) in [5.74, 6) is 1.24. The van der Waals surface area contributed by atoms with E-state index in [4.69, 9.17) is 13.9 Å². The Morgan fingerprint density at radius 1 is 1.13 bits per heavy atom. The van der Waals surface area contributed by atoms with E-state index in [9.17, 15) is 9.59 Å². The van der Waals surface area contributed by atoms with Gasteiger partial charge in [-0.05, 0) is 32.0 Å². The number of furan rings is 1. The van der Waals surface area contributed by atoms with E-state index < -0.39 is 17.9 Å². The van der Waals surface area contributed by atoms with Crippen LogP contribution in [0.3, 0.4) is 0 Å². The average molecular weight is 316 g/mol. The molecule has 0 fully saturated rings. The number of carbonyl (C=O) groups is 2. The van der Waals surface area contributed by atoms with Crippen molar-refractivity contribution < 1.29 is 23.5 Å². The van der Waals surface area contributed by atoms with Crippen LogP contribution in [-0.4, -0.2) is 24.5 Å². The van der Waals surface area contributed by atoms with Crippen LogP contribution < -0.4 is 20.3 Å². The topological polar surface area (TPSA) is 89.8 Å².